The molecule has 1 N–H and O–H groups in total. The number of fused-ring (bicyclic) bond motifs is 3. The van der Waals surface area contributed by atoms with Crippen LogP contribution >= 0.6 is 11.6 Å². The topological polar surface area (TPSA) is 66.0 Å². The summed E-state index contributed by atoms with van der Waals surface area (Å²) in [5.41, 5.74) is 3.81. The number of imidazole rings is 1. The Kier molecular flexibility index (Phi) is 3.33. The van der Waals surface area contributed by atoms with Crippen molar-refractivity contribution < 1.29 is 0 Å². The predicted molar refractivity (Wildman–Crippen MR) is 94.7 cm³/mol. The average Bonchev–Trinajstić information content (AvgIpc) is 2.96. The van der Waals surface area contributed by atoms with Gasteiger partial charge in [-0.2, -0.15) is 5.26 Å². The van der Waals surface area contributed by atoms with Gasteiger partial charge in [0.05, 0.1) is 22.8 Å². The van der Waals surface area contributed by atoms with Gasteiger partial charge >= 0.3 is 0 Å². The van der Waals surface area contributed by atoms with Crippen LogP contribution in [0.15, 0.2) is 48.7 Å². The van der Waals surface area contributed by atoms with Gasteiger partial charge in [0.25, 0.3) is 0 Å². The van der Waals surface area contributed by atoms with Crippen molar-refractivity contribution in [3.05, 3.63) is 64.9 Å². The summed E-state index contributed by atoms with van der Waals surface area (Å²) in [6.45, 7) is 1.94. The number of benzene rings is 2. The van der Waals surface area contributed by atoms with Gasteiger partial charge in [0.1, 0.15) is 5.65 Å². The van der Waals surface area contributed by atoms with Crippen molar-refractivity contribution >= 4 is 39.8 Å². The first kappa shape index (κ1) is 14.5. The number of aromatic nitrogens is 3. The van der Waals surface area contributed by atoms with Gasteiger partial charge in [0, 0.05) is 22.3 Å². The smallest absolute Gasteiger partial charge is 0.213 e. The van der Waals surface area contributed by atoms with Gasteiger partial charge in [-0.3, -0.25) is 4.40 Å². The second-order valence-electron chi connectivity index (χ2n) is 5.49. The van der Waals surface area contributed by atoms with Crippen LogP contribution in [0.3, 0.4) is 0 Å². The molecule has 4 aromatic rings. The van der Waals surface area contributed by atoms with E-state index in [2.05, 4.69) is 21.4 Å². The van der Waals surface area contributed by atoms with Crippen molar-refractivity contribution in [2.75, 3.05) is 5.32 Å². The summed E-state index contributed by atoms with van der Waals surface area (Å²) in [4.78, 5) is 9.26. The van der Waals surface area contributed by atoms with Crippen molar-refractivity contribution in [1.29, 1.82) is 5.26 Å². The Labute approximate surface area is 143 Å². The van der Waals surface area contributed by atoms with E-state index in [1.165, 1.54) is 0 Å². The van der Waals surface area contributed by atoms with Gasteiger partial charge in [0.2, 0.25) is 5.95 Å². The monoisotopic (exact) mass is 333 g/mol. The van der Waals surface area contributed by atoms with Crippen LogP contribution in [0, 0.1) is 18.3 Å². The minimum atomic E-state index is 0.566. The second kappa shape index (κ2) is 5.52. The first-order chi connectivity index (χ1) is 11.6. The molecule has 0 radical (unpaired) electrons. The fraction of sp³-hybridized carbons (Fsp3) is 0.0556. The SMILES string of the molecule is Cc1cn2c(Nc3cccc(Cl)c3)nc3cc(C#N)ccc3c2n1. The largest absolute Gasteiger partial charge is 0.325 e. The summed E-state index contributed by atoms with van der Waals surface area (Å²) in [5, 5.41) is 13.9. The van der Waals surface area contributed by atoms with Crippen molar-refractivity contribution in [1.82, 2.24) is 14.4 Å². The summed E-state index contributed by atoms with van der Waals surface area (Å²) in [5.74, 6) is 0.621. The molecule has 5 nitrogen and oxygen atoms in total. The molecule has 0 aliphatic rings. The van der Waals surface area contributed by atoms with Crippen LogP contribution in [0.4, 0.5) is 11.6 Å². The molecule has 2 aromatic heterocycles. The average molecular weight is 334 g/mol. The lowest BCUT2D eigenvalue weighted by molar-refractivity contribution is 1.12. The van der Waals surface area contributed by atoms with E-state index < -0.39 is 0 Å². The lowest BCUT2D eigenvalue weighted by Gasteiger charge is -2.10. The number of aryl methyl sites for hydroxylation is 1. The Morgan fingerprint density at radius 2 is 2.04 bits per heavy atom. The minimum Gasteiger partial charge on any atom is -0.325 e. The first-order valence-corrected chi connectivity index (χ1v) is 7.74. The zero-order chi connectivity index (χ0) is 16.7. The number of nitriles is 1. The van der Waals surface area contributed by atoms with Crippen molar-refractivity contribution in [2.45, 2.75) is 6.92 Å². The van der Waals surface area contributed by atoms with E-state index >= 15 is 0 Å². The van der Waals surface area contributed by atoms with E-state index in [1.807, 2.05) is 47.9 Å². The number of rotatable bonds is 2. The molecule has 116 valence electrons. The second-order valence-corrected chi connectivity index (χ2v) is 5.93. The highest BCUT2D eigenvalue weighted by atomic mass is 35.5. The Bertz CT molecular complexity index is 1120. The molecule has 0 aliphatic carbocycles. The molecule has 2 aromatic carbocycles. The third-order valence-corrected chi connectivity index (χ3v) is 3.96. The fourth-order valence-corrected chi connectivity index (χ4v) is 2.87. The Morgan fingerprint density at radius 1 is 1.17 bits per heavy atom. The molecule has 0 saturated carbocycles. The van der Waals surface area contributed by atoms with Crippen LogP contribution in [-0.4, -0.2) is 14.4 Å². The summed E-state index contributed by atoms with van der Waals surface area (Å²) in [7, 11) is 0. The van der Waals surface area contributed by atoms with Crippen LogP contribution in [0.5, 0.6) is 0 Å². The zero-order valence-corrected chi connectivity index (χ0v) is 13.5. The molecule has 0 saturated heterocycles. The minimum absolute atomic E-state index is 0.566. The molecule has 24 heavy (non-hydrogen) atoms. The van der Waals surface area contributed by atoms with Gasteiger partial charge < -0.3 is 5.32 Å². The Balaban J connectivity index is 1.96. The van der Waals surface area contributed by atoms with Crippen LogP contribution in [0.25, 0.3) is 16.6 Å². The number of anilines is 2. The van der Waals surface area contributed by atoms with Gasteiger partial charge in [0.15, 0.2) is 0 Å². The molecule has 6 heteroatoms. The highest BCUT2D eigenvalue weighted by Gasteiger charge is 2.11. The number of halogens is 1. The number of nitrogens with zero attached hydrogens (tertiary/aromatic N) is 4. The molecule has 0 spiro atoms. The molecule has 0 bridgehead atoms. The molecule has 0 aliphatic heterocycles. The maximum Gasteiger partial charge on any atom is 0.213 e. The van der Waals surface area contributed by atoms with Crippen LogP contribution in [0.2, 0.25) is 5.02 Å². The quantitative estimate of drug-likeness (QED) is 0.588. The van der Waals surface area contributed by atoms with E-state index in [9.17, 15) is 0 Å². The van der Waals surface area contributed by atoms with E-state index in [0.29, 0.717) is 16.5 Å². The van der Waals surface area contributed by atoms with Crippen LogP contribution in [-0.2, 0) is 0 Å². The third kappa shape index (κ3) is 2.43. The number of nitrogens with one attached hydrogen (secondary N) is 1. The molecule has 0 amide bonds. The Hall–Kier alpha value is -3.10. The lowest BCUT2D eigenvalue weighted by Crippen LogP contribution is -2.02. The summed E-state index contributed by atoms with van der Waals surface area (Å²) in [6.07, 6.45) is 1.92. The summed E-state index contributed by atoms with van der Waals surface area (Å²) < 4.78 is 1.91. The normalized spacial score (nSPS) is 10.9. The van der Waals surface area contributed by atoms with E-state index in [-0.39, 0.29) is 0 Å². The standard InChI is InChI=1S/C18H12ClN5/c1-11-10-24-17(21-11)15-6-5-12(9-20)7-16(15)23-18(24)22-14-4-2-3-13(19)8-14/h2-8,10H,1H3,(H,22,23). The molecule has 2 heterocycles. The fourth-order valence-electron chi connectivity index (χ4n) is 2.68. The molecular weight excluding hydrogens is 322 g/mol. The van der Waals surface area contributed by atoms with Crippen molar-refractivity contribution in [2.24, 2.45) is 0 Å². The zero-order valence-electron chi connectivity index (χ0n) is 12.8. The summed E-state index contributed by atoms with van der Waals surface area (Å²) >= 11 is 6.05. The highest BCUT2D eigenvalue weighted by molar-refractivity contribution is 6.30. The highest BCUT2D eigenvalue weighted by Crippen LogP contribution is 2.25. The van der Waals surface area contributed by atoms with Gasteiger partial charge in [-0.15, -0.1) is 0 Å². The van der Waals surface area contributed by atoms with E-state index in [0.717, 1.165) is 27.9 Å². The number of hydrogen-bond donors (Lipinski definition) is 1. The molecule has 0 atom stereocenters. The predicted octanol–water partition coefficient (Wildman–Crippen LogP) is 4.46. The molecule has 0 fully saturated rings. The van der Waals surface area contributed by atoms with E-state index in [4.69, 9.17) is 16.9 Å². The van der Waals surface area contributed by atoms with Gasteiger partial charge in [-0.25, -0.2) is 9.97 Å². The van der Waals surface area contributed by atoms with Gasteiger partial charge in [-0.05, 0) is 43.3 Å². The maximum absolute atomic E-state index is 9.12. The first-order valence-electron chi connectivity index (χ1n) is 7.36. The van der Waals surface area contributed by atoms with Crippen LogP contribution < -0.4 is 5.32 Å². The Morgan fingerprint density at radius 3 is 2.83 bits per heavy atom. The van der Waals surface area contributed by atoms with Crippen molar-refractivity contribution in [3.63, 3.8) is 0 Å². The lowest BCUT2D eigenvalue weighted by atomic mass is 10.1. The van der Waals surface area contributed by atoms with E-state index in [1.54, 1.807) is 12.1 Å². The molecule has 4 rings (SSSR count). The van der Waals surface area contributed by atoms with Gasteiger partial charge in [-0.1, -0.05) is 17.7 Å². The van der Waals surface area contributed by atoms with Crippen LogP contribution in [0.1, 0.15) is 11.3 Å². The maximum atomic E-state index is 9.12. The van der Waals surface area contributed by atoms with Crippen molar-refractivity contribution in [3.8, 4) is 6.07 Å². The molecule has 0 unspecified atom stereocenters. The third-order valence-electron chi connectivity index (χ3n) is 3.73. The summed E-state index contributed by atoms with van der Waals surface area (Å²) in [6, 6.07) is 15.0. The molecular formula is C18H12ClN5. The number of hydrogen-bond acceptors (Lipinski definition) is 4.